The highest BCUT2D eigenvalue weighted by Crippen LogP contribution is 2.41. The molecule has 89 valence electrons. The maximum absolute atomic E-state index is 10.2. The minimum atomic E-state index is -0.0957. The van der Waals surface area contributed by atoms with Gasteiger partial charge in [0.2, 0.25) is 0 Å². The Morgan fingerprint density at radius 2 is 1.44 bits per heavy atom. The maximum atomic E-state index is 10.2. The highest BCUT2D eigenvalue weighted by atomic mass is 32.1. The van der Waals surface area contributed by atoms with Crippen LogP contribution in [0.3, 0.4) is 0 Å². The lowest BCUT2D eigenvalue weighted by Crippen LogP contribution is -2.22. The molecule has 0 saturated carbocycles. The van der Waals surface area contributed by atoms with Crippen molar-refractivity contribution in [2.45, 2.75) is 57.3 Å². The van der Waals surface area contributed by atoms with Gasteiger partial charge < -0.3 is 5.11 Å². The monoisotopic (exact) mass is 237 g/mol. The molecule has 1 aromatic rings. The molecule has 0 spiro atoms. The summed E-state index contributed by atoms with van der Waals surface area (Å²) in [6, 6.07) is 3.86. The lowest BCUT2D eigenvalue weighted by Gasteiger charge is -2.31. The predicted molar refractivity (Wildman–Crippen MR) is 71.4 cm³/mol. The second-order valence-corrected chi connectivity index (χ2v) is 6.77. The van der Waals surface area contributed by atoms with Crippen LogP contribution in [0.15, 0.2) is 17.0 Å². The van der Waals surface area contributed by atoms with Crippen molar-refractivity contribution in [3.8, 4) is 5.75 Å². The van der Waals surface area contributed by atoms with E-state index in [9.17, 15) is 5.11 Å². The Hall–Kier alpha value is -0.760. The van der Waals surface area contributed by atoms with Crippen molar-refractivity contribution in [2.75, 3.05) is 0 Å². The highest BCUT2D eigenvalue weighted by molar-refractivity contribution is 7.80. The van der Waals surface area contributed by atoms with E-state index in [-0.39, 0.29) is 16.6 Å². The van der Waals surface area contributed by atoms with Crippen LogP contribution in [0.4, 0.5) is 0 Å². The van der Waals surface area contributed by atoms with Crippen LogP contribution in [-0.2, 0) is 10.8 Å². The van der Waals surface area contributed by atoms with Gasteiger partial charge in [-0.25, -0.2) is 0 Å². The first-order valence-corrected chi connectivity index (χ1v) is 6.00. The summed E-state index contributed by atoms with van der Waals surface area (Å²) in [5.74, 6) is 0.273. The molecule has 0 amide bonds. The third-order valence-corrected chi connectivity index (χ3v) is 3.03. The Bertz CT molecular complexity index is 394. The summed E-state index contributed by atoms with van der Waals surface area (Å²) >= 11 is 5.14. The third kappa shape index (κ3) is 2.49. The fraction of sp³-hybridized carbons (Fsp3) is 0.571. The van der Waals surface area contributed by atoms with Crippen LogP contribution in [0.2, 0.25) is 0 Å². The van der Waals surface area contributed by atoms with E-state index in [0.717, 1.165) is 5.56 Å². The minimum Gasteiger partial charge on any atom is -0.506 e. The summed E-state index contributed by atoms with van der Waals surface area (Å²) in [7, 11) is 0. The van der Waals surface area contributed by atoms with Crippen molar-refractivity contribution in [3.63, 3.8) is 0 Å². The summed E-state index contributed by atoms with van der Waals surface area (Å²) in [5, 5.41) is 10.2. The lowest BCUT2D eigenvalue weighted by molar-refractivity contribution is 0.424. The second-order valence-electron chi connectivity index (χ2n) is 6.33. The topological polar surface area (TPSA) is 20.2 Å². The molecule has 0 atom stereocenters. The molecular formula is C14H21OS. The van der Waals surface area contributed by atoms with Crippen molar-refractivity contribution in [2.24, 2.45) is 0 Å². The first-order valence-electron chi connectivity index (χ1n) is 5.59. The number of rotatable bonds is 0. The molecule has 1 radical (unpaired) electrons. The number of hydrogen-bond donors (Lipinski definition) is 1. The fourth-order valence-corrected chi connectivity index (χ4v) is 2.13. The Kier molecular flexibility index (Phi) is 3.26. The normalized spacial score (nSPS) is 12.9. The molecule has 1 rings (SSSR count). The van der Waals surface area contributed by atoms with Crippen LogP contribution in [0.25, 0.3) is 0 Å². The number of benzene rings is 1. The highest BCUT2D eigenvalue weighted by Gasteiger charge is 2.28. The van der Waals surface area contributed by atoms with Crippen LogP contribution in [0.1, 0.15) is 52.7 Å². The smallest absolute Gasteiger partial charge is 0.137 e. The SMILES string of the molecule is CC(C)(C)c1ccc([S])c(O)c1C(C)(C)C. The third-order valence-electron chi connectivity index (χ3n) is 2.70. The quantitative estimate of drug-likeness (QED) is 0.702. The zero-order chi connectivity index (χ0) is 12.7. The van der Waals surface area contributed by atoms with Crippen LogP contribution in [0.5, 0.6) is 5.75 Å². The van der Waals surface area contributed by atoms with Crippen molar-refractivity contribution in [1.29, 1.82) is 0 Å². The Morgan fingerprint density at radius 1 is 0.938 bits per heavy atom. The molecule has 0 unspecified atom stereocenters. The standard InChI is InChI=1S/C14H21OS/c1-13(2,3)9-7-8-10(16)12(15)11(9)14(4,5)6/h7-8,15H,1-6H3. The zero-order valence-electron chi connectivity index (χ0n) is 11.0. The largest absolute Gasteiger partial charge is 0.506 e. The van der Waals surface area contributed by atoms with Gasteiger partial charge in [0.15, 0.2) is 0 Å². The van der Waals surface area contributed by atoms with E-state index in [2.05, 4.69) is 41.5 Å². The number of hydrogen-bond acceptors (Lipinski definition) is 1. The average molecular weight is 237 g/mol. The van der Waals surface area contributed by atoms with Crippen molar-refractivity contribution >= 4 is 12.6 Å². The molecule has 0 aliphatic carbocycles. The van der Waals surface area contributed by atoms with Crippen LogP contribution in [0, 0.1) is 0 Å². The average Bonchev–Trinajstić information content (AvgIpc) is 2.05. The van der Waals surface area contributed by atoms with E-state index in [0.29, 0.717) is 4.90 Å². The number of phenols is 1. The van der Waals surface area contributed by atoms with Gasteiger partial charge in [0.25, 0.3) is 0 Å². The first kappa shape index (κ1) is 13.3. The molecule has 16 heavy (non-hydrogen) atoms. The summed E-state index contributed by atoms with van der Waals surface area (Å²) in [6.07, 6.45) is 0. The number of aromatic hydroxyl groups is 1. The van der Waals surface area contributed by atoms with Crippen molar-refractivity contribution in [3.05, 3.63) is 23.3 Å². The van der Waals surface area contributed by atoms with Crippen LogP contribution in [-0.4, -0.2) is 5.11 Å². The van der Waals surface area contributed by atoms with Gasteiger partial charge in [-0.2, -0.15) is 0 Å². The van der Waals surface area contributed by atoms with E-state index in [1.807, 2.05) is 12.1 Å². The van der Waals surface area contributed by atoms with Gasteiger partial charge in [-0.05, 0) is 22.5 Å². The van der Waals surface area contributed by atoms with E-state index in [4.69, 9.17) is 12.6 Å². The summed E-state index contributed by atoms with van der Waals surface area (Å²) < 4.78 is 0. The molecule has 1 nitrogen and oxygen atoms in total. The Labute approximate surface area is 104 Å². The molecule has 0 aliphatic rings. The van der Waals surface area contributed by atoms with E-state index < -0.39 is 0 Å². The molecule has 0 aliphatic heterocycles. The molecule has 0 heterocycles. The minimum absolute atomic E-state index is 0.0170. The lowest BCUT2D eigenvalue weighted by atomic mass is 9.75. The van der Waals surface area contributed by atoms with Gasteiger partial charge in [-0.3, -0.25) is 0 Å². The van der Waals surface area contributed by atoms with E-state index in [1.54, 1.807) is 0 Å². The summed E-state index contributed by atoms with van der Waals surface area (Å²) in [4.78, 5) is 0.540. The maximum Gasteiger partial charge on any atom is 0.137 e. The molecule has 2 heteroatoms. The van der Waals surface area contributed by atoms with Gasteiger partial charge in [0.05, 0.1) is 4.90 Å². The molecule has 0 fully saturated rings. The fourth-order valence-electron chi connectivity index (χ4n) is 1.96. The number of phenolic OH excluding ortho intramolecular Hbond substituents is 1. The Morgan fingerprint density at radius 3 is 1.81 bits per heavy atom. The van der Waals surface area contributed by atoms with Gasteiger partial charge in [0.1, 0.15) is 5.75 Å². The predicted octanol–water partition coefficient (Wildman–Crippen LogP) is 4.54. The van der Waals surface area contributed by atoms with Crippen molar-refractivity contribution in [1.82, 2.24) is 0 Å². The second kappa shape index (κ2) is 3.92. The molecule has 0 aromatic heterocycles. The summed E-state index contributed by atoms with van der Waals surface area (Å²) in [5.41, 5.74) is 2.07. The Balaban J connectivity index is 3.59. The van der Waals surface area contributed by atoms with Crippen LogP contribution >= 0.6 is 12.6 Å². The van der Waals surface area contributed by atoms with Crippen LogP contribution < -0.4 is 0 Å². The van der Waals surface area contributed by atoms with Crippen molar-refractivity contribution < 1.29 is 5.11 Å². The van der Waals surface area contributed by atoms with E-state index in [1.165, 1.54) is 5.56 Å². The molecule has 1 N–H and O–H groups in total. The molecule has 1 aromatic carbocycles. The summed E-state index contributed by atoms with van der Waals surface area (Å²) in [6.45, 7) is 12.8. The first-order chi connectivity index (χ1) is 7.05. The van der Waals surface area contributed by atoms with Gasteiger partial charge in [-0.1, -0.05) is 60.2 Å². The van der Waals surface area contributed by atoms with Gasteiger partial charge in [0, 0.05) is 5.56 Å². The van der Waals surface area contributed by atoms with Gasteiger partial charge in [-0.15, -0.1) is 0 Å². The molecular weight excluding hydrogens is 216 g/mol. The van der Waals surface area contributed by atoms with E-state index >= 15 is 0 Å². The molecule has 0 saturated heterocycles. The van der Waals surface area contributed by atoms with Gasteiger partial charge >= 0.3 is 0 Å². The molecule has 0 bridgehead atoms. The zero-order valence-corrected chi connectivity index (χ0v) is 11.8.